The van der Waals surface area contributed by atoms with Gasteiger partial charge in [0.05, 0.1) is 24.8 Å². The van der Waals surface area contributed by atoms with Gasteiger partial charge < -0.3 is 14.6 Å². The van der Waals surface area contributed by atoms with Crippen LogP contribution in [0.1, 0.15) is 53.1 Å². The molecule has 0 unspecified atom stereocenters. The summed E-state index contributed by atoms with van der Waals surface area (Å²) in [7, 11) is 0. The fraction of sp³-hybridized carbons (Fsp3) is 0.545. The van der Waals surface area contributed by atoms with Gasteiger partial charge in [-0.15, -0.1) is 11.3 Å². The highest BCUT2D eigenvalue weighted by molar-refractivity contribution is 7.10. The maximum atomic E-state index is 13.0. The summed E-state index contributed by atoms with van der Waals surface area (Å²) in [5, 5.41) is 14.9. The molecule has 0 saturated carbocycles. The van der Waals surface area contributed by atoms with Crippen molar-refractivity contribution < 1.29 is 9.53 Å². The minimum Gasteiger partial charge on any atom is -0.376 e. The normalized spacial score (nSPS) is 21.7. The van der Waals surface area contributed by atoms with Crippen LogP contribution in [0.4, 0.5) is 5.82 Å². The number of nitrogens with zero attached hydrogens (tertiary/aromatic N) is 3. The van der Waals surface area contributed by atoms with Crippen molar-refractivity contribution in [2.24, 2.45) is 0 Å². The van der Waals surface area contributed by atoms with Crippen molar-refractivity contribution in [1.82, 2.24) is 9.47 Å². The standard InChI is InChI=1S/C22H28N4O2S/c1-14-15(2)26(12-17-5-4-9-28-17)22(19(14)11-23)24-21(27)13-25-8-6-20-18(16(25)3)7-10-29-20/h7,10,16-17H,4-6,8-9,12-13H2,1-3H3,(H,24,27)/t16-,17+/m1/s1. The Labute approximate surface area is 176 Å². The van der Waals surface area contributed by atoms with E-state index in [2.05, 4.69) is 39.2 Å². The van der Waals surface area contributed by atoms with Gasteiger partial charge in [0.25, 0.3) is 0 Å². The topological polar surface area (TPSA) is 70.3 Å². The van der Waals surface area contributed by atoms with Crippen LogP contribution < -0.4 is 5.32 Å². The summed E-state index contributed by atoms with van der Waals surface area (Å²) in [6.07, 6.45) is 3.21. The first-order chi connectivity index (χ1) is 14.0. The minimum atomic E-state index is -0.0712. The molecule has 7 heteroatoms. The second-order valence-corrected chi connectivity index (χ2v) is 9.04. The lowest BCUT2D eigenvalue weighted by molar-refractivity contribution is -0.118. The van der Waals surface area contributed by atoms with E-state index in [9.17, 15) is 10.1 Å². The number of rotatable bonds is 5. The molecule has 1 N–H and O–H groups in total. The summed E-state index contributed by atoms with van der Waals surface area (Å²) in [4.78, 5) is 16.6. The molecule has 2 atom stereocenters. The molecule has 0 spiro atoms. The number of hydrogen-bond donors (Lipinski definition) is 1. The van der Waals surface area contributed by atoms with Gasteiger partial charge in [-0.1, -0.05) is 0 Å². The van der Waals surface area contributed by atoms with E-state index in [1.165, 1.54) is 10.4 Å². The predicted octanol–water partition coefficient (Wildman–Crippen LogP) is 3.77. The number of nitriles is 1. The largest absolute Gasteiger partial charge is 0.376 e. The summed E-state index contributed by atoms with van der Waals surface area (Å²) in [6, 6.07) is 4.69. The van der Waals surface area contributed by atoms with Gasteiger partial charge in [0.15, 0.2) is 0 Å². The number of aromatic nitrogens is 1. The van der Waals surface area contributed by atoms with E-state index in [1.54, 1.807) is 11.3 Å². The van der Waals surface area contributed by atoms with Gasteiger partial charge in [-0.2, -0.15) is 5.26 Å². The number of anilines is 1. The summed E-state index contributed by atoms with van der Waals surface area (Å²) >= 11 is 1.80. The first-order valence-electron chi connectivity index (χ1n) is 10.3. The molecule has 0 aromatic carbocycles. The van der Waals surface area contributed by atoms with Crippen LogP contribution in [0, 0.1) is 25.2 Å². The molecule has 1 saturated heterocycles. The third-order valence-corrected chi connectivity index (χ3v) is 7.36. The molecule has 0 radical (unpaired) electrons. The van der Waals surface area contributed by atoms with Crippen LogP contribution in [0.25, 0.3) is 0 Å². The molecule has 2 aliphatic rings. The zero-order chi connectivity index (χ0) is 20.5. The molecule has 4 heterocycles. The van der Waals surface area contributed by atoms with Gasteiger partial charge in [0.1, 0.15) is 11.9 Å². The lowest BCUT2D eigenvalue weighted by Gasteiger charge is -2.33. The van der Waals surface area contributed by atoms with Crippen LogP contribution in [0.15, 0.2) is 11.4 Å². The van der Waals surface area contributed by atoms with Gasteiger partial charge in [0, 0.05) is 29.8 Å². The number of amides is 1. The van der Waals surface area contributed by atoms with Crippen molar-refractivity contribution in [3.63, 3.8) is 0 Å². The Morgan fingerprint density at radius 1 is 1.45 bits per heavy atom. The van der Waals surface area contributed by atoms with E-state index in [1.807, 2.05) is 13.8 Å². The molecule has 2 aromatic rings. The summed E-state index contributed by atoms with van der Waals surface area (Å²) in [5.41, 5.74) is 3.83. The average molecular weight is 413 g/mol. The van der Waals surface area contributed by atoms with E-state index in [4.69, 9.17) is 4.74 Å². The van der Waals surface area contributed by atoms with Crippen molar-refractivity contribution in [2.45, 2.75) is 58.7 Å². The monoisotopic (exact) mass is 412 g/mol. The Hall–Kier alpha value is -2.14. The van der Waals surface area contributed by atoms with Crippen LogP contribution in [-0.4, -0.2) is 41.2 Å². The highest BCUT2D eigenvalue weighted by Crippen LogP contribution is 2.33. The lowest BCUT2D eigenvalue weighted by atomic mass is 10.0. The number of nitrogens with one attached hydrogen (secondary N) is 1. The summed E-state index contributed by atoms with van der Waals surface area (Å²) in [5.74, 6) is 0.544. The van der Waals surface area contributed by atoms with Crippen LogP contribution in [0.3, 0.4) is 0 Å². The van der Waals surface area contributed by atoms with E-state index < -0.39 is 0 Å². The van der Waals surface area contributed by atoms with E-state index >= 15 is 0 Å². The van der Waals surface area contributed by atoms with Crippen LogP contribution in [-0.2, 0) is 22.5 Å². The number of ether oxygens (including phenoxy) is 1. The Kier molecular flexibility index (Phi) is 5.77. The van der Waals surface area contributed by atoms with Crippen molar-refractivity contribution in [3.8, 4) is 6.07 Å². The summed E-state index contributed by atoms with van der Waals surface area (Å²) < 4.78 is 7.85. The van der Waals surface area contributed by atoms with Crippen molar-refractivity contribution in [1.29, 1.82) is 5.26 Å². The molecule has 4 rings (SSSR count). The lowest BCUT2D eigenvalue weighted by Crippen LogP contribution is -2.39. The SMILES string of the molecule is Cc1c(C#N)c(NC(=O)CN2CCc3sccc3[C@H]2C)n(C[C@@H]2CCCO2)c1C. The zero-order valence-electron chi connectivity index (χ0n) is 17.3. The Bertz CT molecular complexity index is 949. The van der Waals surface area contributed by atoms with Gasteiger partial charge in [-0.3, -0.25) is 9.69 Å². The van der Waals surface area contributed by atoms with Crippen LogP contribution >= 0.6 is 11.3 Å². The number of thiophene rings is 1. The number of fused-ring (bicyclic) bond motifs is 1. The molecule has 0 bridgehead atoms. The van der Waals surface area contributed by atoms with E-state index in [0.717, 1.165) is 43.7 Å². The van der Waals surface area contributed by atoms with Crippen LogP contribution in [0.5, 0.6) is 0 Å². The Balaban J connectivity index is 1.52. The fourth-order valence-corrected chi connectivity index (χ4v) is 5.45. The molecular formula is C22H28N4O2S. The Morgan fingerprint density at radius 2 is 2.28 bits per heavy atom. The van der Waals surface area contributed by atoms with E-state index in [0.29, 0.717) is 24.5 Å². The molecule has 0 aliphatic carbocycles. The maximum Gasteiger partial charge on any atom is 0.239 e. The van der Waals surface area contributed by atoms with Crippen molar-refractivity contribution in [3.05, 3.63) is 38.7 Å². The number of carbonyl (C=O) groups is 1. The molecular weight excluding hydrogens is 384 g/mol. The summed E-state index contributed by atoms with van der Waals surface area (Å²) in [6.45, 7) is 8.77. The van der Waals surface area contributed by atoms with Crippen molar-refractivity contribution >= 4 is 23.1 Å². The quantitative estimate of drug-likeness (QED) is 0.811. The number of carbonyl (C=O) groups excluding carboxylic acids is 1. The van der Waals surface area contributed by atoms with Gasteiger partial charge in [-0.25, -0.2) is 0 Å². The third kappa shape index (κ3) is 3.85. The smallest absolute Gasteiger partial charge is 0.239 e. The average Bonchev–Trinajstić information content (AvgIpc) is 3.42. The predicted molar refractivity (Wildman–Crippen MR) is 114 cm³/mol. The molecule has 154 valence electrons. The zero-order valence-corrected chi connectivity index (χ0v) is 18.1. The molecule has 1 amide bonds. The molecule has 29 heavy (non-hydrogen) atoms. The molecule has 1 fully saturated rings. The van der Waals surface area contributed by atoms with Crippen molar-refractivity contribution in [2.75, 3.05) is 25.0 Å². The molecule has 6 nitrogen and oxygen atoms in total. The van der Waals surface area contributed by atoms with Gasteiger partial charge in [-0.05, 0) is 62.6 Å². The Morgan fingerprint density at radius 3 is 3.00 bits per heavy atom. The second kappa shape index (κ2) is 8.31. The van der Waals surface area contributed by atoms with Gasteiger partial charge >= 0.3 is 0 Å². The maximum absolute atomic E-state index is 13.0. The second-order valence-electron chi connectivity index (χ2n) is 8.04. The molecule has 2 aromatic heterocycles. The van der Waals surface area contributed by atoms with E-state index in [-0.39, 0.29) is 18.1 Å². The third-order valence-electron chi connectivity index (χ3n) is 6.36. The van der Waals surface area contributed by atoms with Crippen LogP contribution in [0.2, 0.25) is 0 Å². The molecule has 2 aliphatic heterocycles. The highest BCUT2D eigenvalue weighted by atomic mass is 32.1. The fourth-order valence-electron chi connectivity index (χ4n) is 4.48. The first kappa shape index (κ1) is 20.1. The number of hydrogen-bond acceptors (Lipinski definition) is 5. The highest BCUT2D eigenvalue weighted by Gasteiger charge is 2.28. The van der Waals surface area contributed by atoms with Gasteiger partial charge in [0.2, 0.25) is 5.91 Å². The first-order valence-corrected chi connectivity index (χ1v) is 11.2. The minimum absolute atomic E-state index is 0.0712.